The fraction of sp³-hybridized carbons (Fsp3) is 0.0417. The molecule has 0 saturated carbocycles. The van der Waals surface area contributed by atoms with Gasteiger partial charge in [-0.1, -0.05) is 147 Å². The summed E-state index contributed by atoms with van der Waals surface area (Å²) in [5.41, 5.74) is 12.5. The van der Waals surface area contributed by atoms with Crippen LogP contribution in [0.15, 0.2) is 170 Å². The van der Waals surface area contributed by atoms with Crippen LogP contribution in [0.2, 0.25) is 13.1 Å². The number of para-hydroxylation sites is 4. The highest BCUT2D eigenvalue weighted by Crippen LogP contribution is 2.43. The van der Waals surface area contributed by atoms with Crippen LogP contribution in [0, 0.1) is 0 Å². The molecule has 3 aromatic heterocycles. The molecule has 4 nitrogen and oxygen atoms in total. The number of fused-ring (bicyclic) bond motifs is 10. The Morgan fingerprint density at radius 2 is 1.04 bits per heavy atom. The van der Waals surface area contributed by atoms with Gasteiger partial charge in [-0.05, 0) is 52.3 Å². The SMILES string of the molecule is C[Si]1(C)c2ccccc2-c2nc(-c3ccccc3)nc(-c3ccccc3-n3c4ccccc4c4c3ccc3c5ccccc5n(-c5ccccc5)c34)c21. The molecule has 11 rings (SSSR count). The van der Waals surface area contributed by atoms with Gasteiger partial charge < -0.3 is 9.13 Å². The second-order valence-corrected chi connectivity index (χ2v) is 18.9. The Bertz CT molecular complexity index is 3080. The number of hydrogen-bond donors (Lipinski definition) is 0. The molecule has 0 radical (unpaired) electrons. The van der Waals surface area contributed by atoms with Gasteiger partial charge in [-0.25, -0.2) is 9.97 Å². The lowest BCUT2D eigenvalue weighted by molar-refractivity contribution is 1.16. The normalized spacial score (nSPS) is 13.2. The van der Waals surface area contributed by atoms with Gasteiger partial charge in [-0.15, -0.1) is 0 Å². The van der Waals surface area contributed by atoms with Gasteiger partial charge >= 0.3 is 0 Å². The largest absolute Gasteiger partial charge is 0.309 e. The van der Waals surface area contributed by atoms with Gasteiger partial charge in [0.1, 0.15) is 8.07 Å². The third-order valence-electron chi connectivity index (χ3n) is 11.3. The molecule has 0 bridgehead atoms. The molecule has 0 amide bonds. The molecule has 0 atom stereocenters. The van der Waals surface area contributed by atoms with E-state index in [1.54, 1.807) is 0 Å². The van der Waals surface area contributed by atoms with Crippen molar-refractivity contribution in [1.29, 1.82) is 0 Å². The van der Waals surface area contributed by atoms with Crippen LogP contribution in [0.5, 0.6) is 0 Å². The average molecular weight is 695 g/mol. The zero-order valence-electron chi connectivity index (χ0n) is 29.5. The zero-order chi connectivity index (χ0) is 35.3. The Morgan fingerprint density at radius 1 is 0.453 bits per heavy atom. The quantitative estimate of drug-likeness (QED) is 0.172. The summed E-state index contributed by atoms with van der Waals surface area (Å²) in [7, 11) is -2.19. The summed E-state index contributed by atoms with van der Waals surface area (Å²) in [4.78, 5) is 10.9. The molecule has 0 fully saturated rings. The number of hydrogen-bond acceptors (Lipinski definition) is 2. The van der Waals surface area contributed by atoms with E-state index in [1.807, 2.05) is 0 Å². The van der Waals surface area contributed by atoms with E-state index in [9.17, 15) is 0 Å². The molecule has 1 aliphatic rings. The summed E-state index contributed by atoms with van der Waals surface area (Å²) >= 11 is 0. The number of aromatic nitrogens is 4. The maximum absolute atomic E-state index is 5.53. The molecule has 0 aliphatic carbocycles. The molecular formula is C48H34N4Si. The van der Waals surface area contributed by atoms with Gasteiger partial charge in [0.2, 0.25) is 0 Å². The van der Waals surface area contributed by atoms with E-state index in [4.69, 9.17) is 9.97 Å². The molecule has 1 aliphatic heterocycles. The first-order valence-electron chi connectivity index (χ1n) is 18.3. The molecule has 10 aromatic rings. The van der Waals surface area contributed by atoms with Gasteiger partial charge in [0, 0.05) is 38.4 Å². The minimum absolute atomic E-state index is 0.756. The third-order valence-corrected chi connectivity index (χ3v) is 14.8. The van der Waals surface area contributed by atoms with Crippen LogP contribution in [0.1, 0.15) is 0 Å². The molecule has 7 aromatic carbocycles. The van der Waals surface area contributed by atoms with Gasteiger partial charge in [-0.2, -0.15) is 0 Å². The topological polar surface area (TPSA) is 35.6 Å². The van der Waals surface area contributed by atoms with E-state index in [0.717, 1.165) is 39.7 Å². The molecule has 0 spiro atoms. The van der Waals surface area contributed by atoms with Crippen LogP contribution in [0.4, 0.5) is 0 Å². The van der Waals surface area contributed by atoms with Crippen molar-refractivity contribution < 1.29 is 0 Å². The third kappa shape index (κ3) is 4.23. The van der Waals surface area contributed by atoms with E-state index in [-0.39, 0.29) is 0 Å². The predicted octanol–water partition coefficient (Wildman–Crippen LogP) is 10.8. The number of nitrogens with zero attached hydrogens (tertiary/aromatic N) is 4. The van der Waals surface area contributed by atoms with Crippen LogP contribution in [-0.2, 0) is 0 Å². The summed E-state index contributed by atoms with van der Waals surface area (Å²) < 4.78 is 4.92. The lowest BCUT2D eigenvalue weighted by Gasteiger charge is -2.23. The molecule has 0 saturated heterocycles. The van der Waals surface area contributed by atoms with Crippen LogP contribution in [0.3, 0.4) is 0 Å². The fourth-order valence-corrected chi connectivity index (χ4v) is 12.2. The van der Waals surface area contributed by atoms with E-state index < -0.39 is 8.07 Å². The Kier molecular flexibility index (Phi) is 6.37. The first-order chi connectivity index (χ1) is 26.1. The molecule has 0 N–H and O–H groups in total. The Morgan fingerprint density at radius 3 is 1.81 bits per heavy atom. The second kappa shape index (κ2) is 11.2. The van der Waals surface area contributed by atoms with Gasteiger partial charge in [0.25, 0.3) is 0 Å². The maximum Gasteiger partial charge on any atom is 0.160 e. The van der Waals surface area contributed by atoms with Crippen molar-refractivity contribution in [2.75, 3.05) is 0 Å². The smallest absolute Gasteiger partial charge is 0.160 e. The van der Waals surface area contributed by atoms with Crippen molar-refractivity contribution in [3.05, 3.63) is 170 Å². The highest BCUT2D eigenvalue weighted by molar-refractivity contribution is 7.04. The van der Waals surface area contributed by atoms with Crippen LogP contribution >= 0.6 is 0 Å². The van der Waals surface area contributed by atoms with Crippen molar-refractivity contribution in [3.63, 3.8) is 0 Å². The van der Waals surface area contributed by atoms with Crippen LogP contribution in [-0.4, -0.2) is 27.2 Å². The van der Waals surface area contributed by atoms with Crippen molar-refractivity contribution in [2.45, 2.75) is 13.1 Å². The Hall–Kier alpha value is -6.56. The predicted molar refractivity (Wildman–Crippen MR) is 224 cm³/mol. The zero-order valence-corrected chi connectivity index (χ0v) is 30.5. The van der Waals surface area contributed by atoms with Gasteiger partial charge in [0.15, 0.2) is 5.82 Å². The molecule has 250 valence electrons. The molecular weight excluding hydrogens is 661 g/mol. The second-order valence-electron chi connectivity index (χ2n) is 14.6. The molecule has 53 heavy (non-hydrogen) atoms. The van der Waals surface area contributed by atoms with Gasteiger partial charge in [0.05, 0.1) is 39.1 Å². The average Bonchev–Trinajstić information content (AvgIpc) is 3.81. The minimum atomic E-state index is -2.19. The fourth-order valence-electron chi connectivity index (χ4n) is 9.01. The summed E-state index contributed by atoms with van der Waals surface area (Å²) in [5, 5.41) is 7.69. The number of benzene rings is 7. The lowest BCUT2D eigenvalue weighted by atomic mass is 10.0. The van der Waals surface area contributed by atoms with Crippen molar-refractivity contribution in [1.82, 2.24) is 19.1 Å². The van der Waals surface area contributed by atoms with Crippen molar-refractivity contribution >= 4 is 62.1 Å². The van der Waals surface area contributed by atoms with Crippen LogP contribution < -0.4 is 10.4 Å². The highest BCUT2D eigenvalue weighted by atomic mass is 28.3. The highest BCUT2D eigenvalue weighted by Gasteiger charge is 2.42. The standard InChI is InChI=1S/C48H34N4Si/c1-53(2)42-28-16-12-24-37(42)45-47(53)44(49-48(50-45)31-17-5-3-6-18-31)36-23-11-15-27-40(36)52-39-26-14-10-22-35(39)43-41(52)30-29-34-33-21-9-13-25-38(33)51(46(34)43)32-19-7-4-8-20-32/h3-30H,1-2H3. The van der Waals surface area contributed by atoms with E-state index >= 15 is 0 Å². The summed E-state index contributed by atoms with van der Waals surface area (Å²) in [5.74, 6) is 0.756. The van der Waals surface area contributed by atoms with E-state index in [2.05, 4.69) is 192 Å². The van der Waals surface area contributed by atoms with Gasteiger partial charge in [-0.3, -0.25) is 0 Å². The number of rotatable bonds is 4. The molecule has 4 heterocycles. The monoisotopic (exact) mass is 694 g/mol. The van der Waals surface area contributed by atoms with Crippen molar-refractivity contribution in [3.8, 4) is 45.3 Å². The lowest BCUT2D eigenvalue weighted by Crippen LogP contribution is -2.50. The van der Waals surface area contributed by atoms with Crippen molar-refractivity contribution in [2.24, 2.45) is 0 Å². The Labute approximate surface area is 308 Å². The first kappa shape index (κ1) is 30.1. The summed E-state index contributed by atoms with van der Waals surface area (Å²) in [6.07, 6.45) is 0. The first-order valence-corrected chi connectivity index (χ1v) is 21.3. The summed E-state index contributed by atoms with van der Waals surface area (Å²) in [6.45, 7) is 4.91. The van der Waals surface area contributed by atoms with E-state index in [1.165, 1.54) is 59.5 Å². The molecule has 0 unspecified atom stereocenters. The molecule has 5 heteroatoms. The maximum atomic E-state index is 5.53. The Balaban J connectivity index is 1.26. The minimum Gasteiger partial charge on any atom is -0.309 e. The van der Waals surface area contributed by atoms with E-state index in [0.29, 0.717) is 0 Å². The van der Waals surface area contributed by atoms with Crippen LogP contribution in [0.25, 0.3) is 88.9 Å². The summed E-state index contributed by atoms with van der Waals surface area (Å²) in [6, 6.07) is 61.2.